The molecule has 0 unspecified atom stereocenters. The molecule has 9 nitrogen and oxygen atoms in total. The summed E-state index contributed by atoms with van der Waals surface area (Å²) in [5.41, 5.74) is 5.22. The number of aliphatic hydroxyl groups is 2. The van der Waals surface area contributed by atoms with Gasteiger partial charge in [0.15, 0.2) is 0 Å². The summed E-state index contributed by atoms with van der Waals surface area (Å²) in [5.74, 6) is 1.03. The van der Waals surface area contributed by atoms with Crippen molar-refractivity contribution >= 4 is 12.4 Å². The van der Waals surface area contributed by atoms with Crippen LogP contribution in [0.15, 0.2) is 28.9 Å². The van der Waals surface area contributed by atoms with Gasteiger partial charge in [-0.1, -0.05) is 17.3 Å². The molecule has 34 heavy (non-hydrogen) atoms. The first-order valence-corrected chi connectivity index (χ1v) is 10.9. The maximum atomic E-state index is 9.50. The Bertz CT molecular complexity index is 1190. The minimum absolute atomic E-state index is 0. The highest BCUT2D eigenvalue weighted by Crippen LogP contribution is 2.32. The van der Waals surface area contributed by atoms with E-state index in [-0.39, 0.29) is 49.5 Å². The molecule has 180 valence electrons. The van der Waals surface area contributed by atoms with Crippen molar-refractivity contribution in [3.05, 3.63) is 46.6 Å². The molecule has 0 radical (unpaired) electrons. The lowest BCUT2D eigenvalue weighted by atomic mass is 9.91. The summed E-state index contributed by atoms with van der Waals surface area (Å²) < 4.78 is 11.1. The fraction of sp³-hybridized carbons (Fsp3) is 0.417. The molecule has 1 aliphatic rings. The first-order valence-electron chi connectivity index (χ1n) is 10.9. The molecule has 2 N–H and O–H groups in total. The summed E-state index contributed by atoms with van der Waals surface area (Å²) >= 11 is 0. The number of aromatic nitrogens is 3. The van der Waals surface area contributed by atoms with Gasteiger partial charge in [0.25, 0.3) is 5.89 Å². The van der Waals surface area contributed by atoms with Crippen molar-refractivity contribution in [2.24, 2.45) is 0 Å². The molecule has 0 atom stereocenters. The number of hydrogen-bond donors (Lipinski definition) is 2. The van der Waals surface area contributed by atoms with E-state index in [0.29, 0.717) is 23.5 Å². The zero-order valence-electron chi connectivity index (χ0n) is 19.4. The van der Waals surface area contributed by atoms with Gasteiger partial charge < -0.3 is 19.5 Å². The molecule has 0 amide bonds. The summed E-state index contributed by atoms with van der Waals surface area (Å²) in [6.07, 6.45) is 2.27. The zero-order valence-corrected chi connectivity index (χ0v) is 20.2. The van der Waals surface area contributed by atoms with Crippen LogP contribution in [0.5, 0.6) is 5.88 Å². The van der Waals surface area contributed by atoms with E-state index in [0.717, 1.165) is 24.1 Å². The van der Waals surface area contributed by atoms with Gasteiger partial charge in [-0.3, -0.25) is 4.90 Å². The Morgan fingerprint density at radius 3 is 2.71 bits per heavy atom. The van der Waals surface area contributed by atoms with Crippen LogP contribution in [0.4, 0.5) is 0 Å². The monoisotopic (exact) mass is 485 g/mol. The smallest absolute Gasteiger partial charge is 0.259 e. The van der Waals surface area contributed by atoms with Crippen LogP contribution in [0.25, 0.3) is 22.8 Å². The molecule has 0 saturated heterocycles. The second-order valence-corrected chi connectivity index (χ2v) is 8.39. The number of ether oxygens (including phenoxy) is 1. The van der Waals surface area contributed by atoms with Crippen LogP contribution in [0.3, 0.4) is 0 Å². The lowest BCUT2D eigenvalue weighted by Gasteiger charge is -2.34. The van der Waals surface area contributed by atoms with Crippen molar-refractivity contribution < 1.29 is 19.5 Å². The number of aliphatic hydroxyl groups excluding tert-OH is 2. The number of halogens is 1. The van der Waals surface area contributed by atoms with Crippen molar-refractivity contribution in [2.45, 2.75) is 45.9 Å². The van der Waals surface area contributed by atoms with E-state index in [2.05, 4.69) is 26.1 Å². The molecule has 0 spiro atoms. The Hall–Kier alpha value is -3.03. The van der Waals surface area contributed by atoms with Gasteiger partial charge in [-0.2, -0.15) is 10.2 Å². The third-order valence-electron chi connectivity index (χ3n) is 5.89. The Labute approximate surface area is 204 Å². The van der Waals surface area contributed by atoms with Gasteiger partial charge in [0.1, 0.15) is 11.6 Å². The highest BCUT2D eigenvalue weighted by Gasteiger charge is 2.25. The molecule has 3 aromatic rings. The van der Waals surface area contributed by atoms with Crippen LogP contribution < -0.4 is 4.74 Å². The van der Waals surface area contributed by atoms with Gasteiger partial charge in [-0.15, -0.1) is 12.4 Å². The summed E-state index contributed by atoms with van der Waals surface area (Å²) in [4.78, 5) is 10.9. The molecule has 3 heterocycles. The largest absolute Gasteiger partial charge is 0.474 e. The van der Waals surface area contributed by atoms with E-state index in [4.69, 9.17) is 9.26 Å². The topological polar surface area (TPSA) is 129 Å². The van der Waals surface area contributed by atoms with Crippen LogP contribution in [-0.4, -0.2) is 62.1 Å². The number of hydrogen-bond acceptors (Lipinski definition) is 9. The first-order chi connectivity index (χ1) is 15.9. The number of fused-ring (bicyclic) bond motifs is 1. The summed E-state index contributed by atoms with van der Waals surface area (Å²) in [7, 11) is 0. The van der Waals surface area contributed by atoms with Crippen molar-refractivity contribution in [1.82, 2.24) is 20.0 Å². The summed E-state index contributed by atoms with van der Waals surface area (Å²) in [6, 6.07) is 7.50. The van der Waals surface area contributed by atoms with E-state index in [1.165, 1.54) is 11.1 Å². The van der Waals surface area contributed by atoms with Crippen molar-refractivity contribution in [2.75, 3.05) is 19.8 Å². The van der Waals surface area contributed by atoms with Crippen LogP contribution in [0.2, 0.25) is 0 Å². The zero-order chi connectivity index (χ0) is 23.5. The third kappa shape index (κ3) is 5.05. The summed E-state index contributed by atoms with van der Waals surface area (Å²) in [6.45, 7) is 7.08. The average Bonchev–Trinajstić information content (AvgIpc) is 3.30. The predicted octanol–water partition coefficient (Wildman–Crippen LogP) is 2.90. The Morgan fingerprint density at radius 1 is 1.26 bits per heavy atom. The minimum atomic E-state index is -0.248. The maximum Gasteiger partial charge on any atom is 0.259 e. The molecule has 2 aromatic heterocycles. The molecular weight excluding hydrogens is 458 g/mol. The fourth-order valence-electron chi connectivity index (χ4n) is 4.12. The standard InChI is InChI=1S/C24H27N5O4.ClH/c1-14(2)32-23-17(9-25)8-18(10-26-23)24-27-22(28-33-24)21-5-4-16-11-29(19(12-30)13-31)7-6-20(16)15(21)3;/h4-5,8,10,14,19,30-31H,6-7,11-13H2,1-3H3;1H. The molecule has 0 saturated carbocycles. The van der Waals surface area contributed by atoms with E-state index in [9.17, 15) is 15.5 Å². The molecule has 0 fully saturated rings. The average molecular weight is 486 g/mol. The van der Waals surface area contributed by atoms with Gasteiger partial charge in [-0.05, 0) is 49.9 Å². The van der Waals surface area contributed by atoms with Gasteiger partial charge in [0.05, 0.1) is 30.9 Å². The predicted molar refractivity (Wildman–Crippen MR) is 128 cm³/mol. The number of pyridine rings is 1. The SMILES string of the molecule is Cc1c(-c2noc(-c3cnc(OC(C)C)c(C#N)c3)n2)ccc2c1CCN(C(CO)CO)C2.Cl. The molecule has 1 aliphatic heterocycles. The van der Waals surface area contributed by atoms with Crippen LogP contribution in [0, 0.1) is 18.3 Å². The van der Waals surface area contributed by atoms with Crippen molar-refractivity contribution in [1.29, 1.82) is 5.26 Å². The first kappa shape index (κ1) is 25.6. The quantitative estimate of drug-likeness (QED) is 0.518. The lowest BCUT2D eigenvalue weighted by molar-refractivity contribution is 0.0650. The highest BCUT2D eigenvalue weighted by atomic mass is 35.5. The van der Waals surface area contributed by atoms with E-state index < -0.39 is 0 Å². The third-order valence-corrected chi connectivity index (χ3v) is 5.89. The minimum Gasteiger partial charge on any atom is -0.474 e. The van der Waals surface area contributed by atoms with Crippen molar-refractivity contribution in [3.63, 3.8) is 0 Å². The van der Waals surface area contributed by atoms with Crippen LogP contribution >= 0.6 is 12.4 Å². The molecule has 10 heteroatoms. The van der Waals surface area contributed by atoms with Gasteiger partial charge >= 0.3 is 0 Å². The Balaban J connectivity index is 0.00000324. The molecule has 0 aliphatic carbocycles. The maximum absolute atomic E-state index is 9.50. The molecule has 1 aromatic carbocycles. The Kier molecular flexibility index (Phi) is 8.23. The van der Waals surface area contributed by atoms with Crippen LogP contribution in [-0.2, 0) is 13.0 Å². The second-order valence-electron chi connectivity index (χ2n) is 8.39. The number of nitriles is 1. The van der Waals surface area contributed by atoms with Gasteiger partial charge in [0, 0.05) is 24.8 Å². The number of nitrogens with zero attached hydrogens (tertiary/aromatic N) is 5. The highest BCUT2D eigenvalue weighted by molar-refractivity contribution is 5.85. The Morgan fingerprint density at radius 2 is 2.03 bits per heavy atom. The number of rotatable bonds is 7. The van der Waals surface area contributed by atoms with Crippen LogP contribution in [0.1, 0.15) is 36.1 Å². The second kappa shape index (κ2) is 10.9. The molecule has 4 rings (SSSR count). The molecular formula is C24H28ClN5O4. The van der Waals surface area contributed by atoms with Gasteiger partial charge in [-0.25, -0.2) is 4.98 Å². The van der Waals surface area contributed by atoms with E-state index in [1.807, 2.05) is 32.9 Å². The van der Waals surface area contributed by atoms with E-state index >= 15 is 0 Å². The normalized spacial score (nSPS) is 13.5. The van der Waals surface area contributed by atoms with Crippen molar-refractivity contribution in [3.8, 4) is 34.8 Å². The number of benzene rings is 1. The van der Waals surface area contributed by atoms with Gasteiger partial charge in [0.2, 0.25) is 11.7 Å². The molecule has 0 bridgehead atoms. The fourth-order valence-corrected chi connectivity index (χ4v) is 4.12. The summed E-state index contributed by atoms with van der Waals surface area (Å²) in [5, 5.41) is 32.6. The van der Waals surface area contributed by atoms with E-state index in [1.54, 1.807) is 12.3 Å². The lowest BCUT2D eigenvalue weighted by Crippen LogP contribution is -2.43.